The Bertz CT molecular complexity index is 2050. The molecule has 14 nitrogen and oxygen atoms in total. The summed E-state index contributed by atoms with van der Waals surface area (Å²) in [6.07, 6.45) is 3.43. The van der Waals surface area contributed by atoms with E-state index in [2.05, 4.69) is 27.0 Å². The summed E-state index contributed by atoms with van der Waals surface area (Å²) in [5.74, 6) is 3.57. The first kappa shape index (κ1) is 44.9. The molecule has 1 fully saturated rings. The fraction of sp³-hybridized carbons (Fsp3) is 0.409. The molecule has 3 aromatic carbocycles. The lowest BCUT2D eigenvalue weighted by Gasteiger charge is -2.39. The minimum absolute atomic E-state index is 0.0230. The normalized spacial score (nSPS) is 18.4. The fourth-order valence-corrected chi connectivity index (χ4v) is 8.82. The summed E-state index contributed by atoms with van der Waals surface area (Å²) in [6, 6.07) is 28.7. The van der Waals surface area contributed by atoms with Gasteiger partial charge in [0.2, 0.25) is 5.91 Å². The first-order valence-corrected chi connectivity index (χ1v) is 20.4. The highest BCUT2D eigenvalue weighted by atomic mass is 31.2. The zero-order valence-corrected chi connectivity index (χ0v) is 35.3. The average Bonchev–Trinajstić information content (AvgIpc) is 3.56. The number of methoxy groups -OCH3 is 2. The Labute approximate surface area is 347 Å². The molecular formula is C44H52N5O9P. The molecule has 59 heavy (non-hydrogen) atoms. The van der Waals surface area contributed by atoms with Crippen molar-refractivity contribution in [3.63, 3.8) is 0 Å². The van der Waals surface area contributed by atoms with Crippen molar-refractivity contribution < 1.29 is 37.5 Å². The fourth-order valence-electron chi connectivity index (χ4n) is 7.05. The van der Waals surface area contributed by atoms with Crippen molar-refractivity contribution in [3.05, 3.63) is 118 Å². The molecule has 2 unspecified atom stereocenters. The van der Waals surface area contributed by atoms with Crippen molar-refractivity contribution in [3.8, 4) is 29.9 Å². The largest absolute Gasteiger partial charge is 0.497 e. The van der Waals surface area contributed by atoms with E-state index in [1.165, 1.54) is 23.8 Å². The molecule has 5 atom stereocenters. The van der Waals surface area contributed by atoms with Crippen LogP contribution in [-0.2, 0) is 33.7 Å². The monoisotopic (exact) mass is 825 g/mol. The molecular weight excluding hydrogens is 773 g/mol. The summed E-state index contributed by atoms with van der Waals surface area (Å²) < 4.78 is 48.2. The van der Waals surface area contributed by atoms with E-state index in [-0.39, 0.29) is 50.1 Å². The molecule has 0 bridgehead atoms. The molecule has 1 saturated heterocycles. The van der Waals surface area contributed by atoms with Gasteiger partial charge >= 0.3 is 5.69 Å². The van der Waals surface area contributed by atoms with Gasteiger partial charge in [-0.3, -0.25) is 9.36 Å². The van der Waals surface area contributed by atoms with Crippen molar-refractivity contribution in [2.75, 3.05) is 39.4 Å². The predicted molar refractivity (Wildman–Crippen MR) is 224 cm³/mol. The van der Waals surface area contributed by atoms with Crippen LogP contribution in [0.1, 0.15) is 64.0 Å². The second-order valence-corrected chi connectivity index (χ2v) is 15.6. The number of carbonyl (C=O) groups excluding carboxylic acids is 1. The lowest BCUT2D eigenvalue weighted by atomic mass is 9.80. The molecule has 1 aliphatic rings. The average molecular weight is 826 g/mol. The lowest BCUT2D eigenvalue weighted by molar-refractivity contribution is -0.114. The maximum Gasteiger partial charge on any atom is 0.351 e. The second-order valence-electron chi connectivity index (χ2n) is 14.2. The standard InChI is InChI=1S/C44H52N5O9P/c1-9-27-54-41-40(58-59(56-28-13-25-45)49(30(2)3)31(4)5)38(57-42(41)48-26-24-39(46-32(6)50)47-43(48)51)29-55-44(33-14-11-10-12-15-33,34-16-20-36(52-7)21-17-34)35-18-22-37(53-8)23-19-35/h1,10-12,14-24,26,30-31,38,40-42H,13,27-29H2,2-8H3,(H,46,47,50,51)/t38-,40+,41?,42-,59?/m1/s1. The van der Waals surface area contributed by atoms with Gasteiger partial charge in [0.1, 0.15) is 47.8 Å². The molecule has 4 aromatic rings. The first-order chi connectivity index (χ1) is 28.5. The molecule has 0 radical (unpaired) electrons. The Morgan fingerprint density at radius 1 is 0.949 bits per heavy atom. The summed E-state index contributed by atoms with van der Waals surface area (Å²) in [7, 11) is 1.37. The van der Waals surface area contributed by atoms with Gasteiger partial charge in [-0.05, 0) is 74.7 Å². The highest BCUT2D eigenvalue weighted by molar-refractivity contribution is 7.44. The number of aromatic nitrogens is 2. The Morgan fingerprint density at radius 2 is 1.54 bits per heavy atom. The van der Waals surface area contributed by atoms with Crippen LogP contribution in [0, 0.1) is 23.7 Å². The molecule has 0 spiro atoms. The molecule has 1 N–H and O–H groups in total. The lowest BCUT2D eigenvalue weighted by Crippen LogP contribution is -2.43. The van der Waals surface area contributed by atoms with Crippen LogP contribution >= 0.6 is 8.53 Å². The number of carbonyl (C=O) groups is 1. The van der Waals surface area contributed by atoms with E-state index >= 15 is 0 Å². The molecule has 1 amide bonds. The van der Waals surface area contributed by atoms with Gasteiger partial charge in [0, 0.05) is 25.2 Å². The van der Waals surface area contributed by atoms with Crippen LogP contribution in [0.4, 0.5) is 5.82 Å². The summed E-state index contributed by atoms with van der Waals surface area (Å²) in [4.78, 5) is 29.6. The molecule has 312 valence electrons. The molecule has 0 saturated carbocycles. The Hall–Kier alpha value is -5.15. The minimum Gasteiger partial charge on any atom is -0.497 e. The van der Waals surface area contributed by atoms with E-state index < -0.39 is 44.4 Å². The molecule has 0 aliphatic carbocycles. The van der Waals surface area contributed by atoms with Crippen LogP contribution in [-0.4, -0.2) is 84.6 Å². The highest BCUT2D eigenvalue weighted by Gasteiger charge is 2.51. The third kappa shape index (κ3) is 10.7. The third-order valence-electron chi connectivity index (χ3n) is 9.56. The topological polar surface area (TPSA) is 156 Å². The minimum atomic E-state index is -1.85. The van der Waals surface area contributed by atoms with E-state index in [0.29, 0.717) is 11.5 Å². The SMILES string of the molecule is C#CCOC1[C@@H](OP(OCCC#N)N(C(C)C)C(C)C)[C@@H](COC(c2ccccc2)(c2ccc(OC)cc2)c2ccc(OC)cc2)O[C@H]1n1ccc(NC(C)=O)nc1=O. The van der Waals surface area contributed by atoms with Crippen molar-refractivity contribution in [1.82, 2.24) is 14.2 Å². The van der Waals surface area contributed by atoms with Crippen LogP contribution in [0.25, 0.3) is 0 Å². The van der Waals surface area contributed by atoms with Crippen molar-refractivity contribution in [1.29, 1.82) is 5.26 Å². The summed E-state index contributed by atoms with van der Waals surface area (Å²) in [5, 5.41) is 12.0. The predicted octanol–water partition coefficient (Wildman–Crippen LogP) is 6.80. The highest BCUT2D eigenvalue weighted by Crippen LogP contribution is 2.51. The zero-order valence-electron chi connectivity index (χ0n) is 34.4. The molecule has 1 aliphatic heterocycles. The number of nitriles is 1. The molecule has 1 aromatic heterocycles. The van der Waals surface area contributed by atoms with E-state index in [1.807, 2.05) is 107 Å². The number of nitrogens with one attached hydrogen (secondary N) is 1. The smallest absolute Gasteiger partial charge is 0.351 e. The van der Waals surface area contributed by atoms with Crippen LogP contribution in [0.2, 0.25) is 0 Å². The zero-order chi connectivity index (χ0) is 42.5. The number of rotatable bonds is 20. The Kier molecular flexibility index (Phi) is 16.2. The van der Waals surface area contributed by atoms with Gasteiger partial charge in [-0.15, -0.1) is 6.42 Å². The van der Waals surface area contributed by atoms with Gasteiger partial charge in [0.05, 0.1) is 39.9 Å². The first-order valence-electron chi connectivity index (χ1n) is 19.3. The Morgan fingerprint density at radius 3 is 2.05 bits per heavy atom. The second kappa shape index (κ2) is 21.2. The summed E-state index contributed by atoms with van der Waals surface area (Å²) in [6.45, 7) is 9.35. The number of nitrogens with zero attached hydrogens (tertiary/aromatic N) is 4. The van der Waals surface area contributed by atoms with Gasteiger partial charge in [-0.25, -0.2) is 9.46 Å². The number of terminal acetylenes is 1. The van der Waals surface area contributed by atoms with Crippen molar-refractivity contribution in [2.24, 2.45) is 0 Å². The number of amides is 1. The maximum atomic E-state index is 13.7. The van der Waals surface area contributed by atoms with Crippen LogP contribution in [0.5, 0.6) is 11.5 Å². The van der Waals surface area contributed by atoms with Crippen LogP contribution in [0.3, 0.4) is 0 Å². The van der Waals surface area contributed by atoms with E-state index in [0.717, 1.165) is 16.7 Å². The third-order valence-corrected chi connectivity index (χ3v) is 11.7. The van der Waals surface area contributed by atoms with Crippen molar-refractivity contribution in [2.45, 2.75) is 83.3 Å². The number of hydrogen-bond donors (Lipinski definition) is 1. The maximum absolute atomic E-state index is 13.7. The van der Waals surface area contributed by atoms with Crippen LogP contribution in [0.15, 0.2) is 95.9 Å². The summed E-state index contributed by atoms with van der Waals surface area (Å²) in [5.41, 5.74) is 0.483. The molecule has 2 heterocycles. The van der Waals surface area contributed by atoms with Crippen molar-refractivity contribution >= 4 is 20.3 Å². The number of hydrogen-bond acceptors (Lipinski definition) is 12. The number of ether oxygens (including phenoxy) is 5. The van der Waals surface area contributed by atoms with Gasteiger partial charge in [-0.2, -0.15) is 10.2 Å². The van der Waals surface area contributed by atoms with Gasteiger partial charge in [0.25, 0.3) is 8.53 Å². The van der Waals surface area contributed by atoms with Crippen LogP contribution < -0.4 is 20.5 Å². The molecule has 5 rings (SSSR count). The number of benzene rings is 3. The molecule has 15 heteroatoms. The summed E-state index contributed by atoms with van der Waals surface area (Å²) >= 11 is 0. The van der Waals surface area contributed by atoms with Gasteiger partial charge in [-0.1, -0.05) is 60.5 Å². The quantitative estimate of drug-likeness (QED) is 0.0431. The number of anilines is 1. The van der Waals surface area contributed by atoms with E-state index in [4.69, 9.17) is 39.2 Å². The van der Waals surface area contributed by atoms with Gasteiger partial charge < -0.3 is 38.0 Å². The van der Waals surface area contributed by atoms with E-state index in [1.54, 1.807) is 14.2 Å². The van der Waals surface area contributed by atoms with E-state index in [9.17, 15) is 14.9 Å². The Balaban J connectivity index is 1.68. The van der Waals surface area contributed by atoms with Gasteiger partial charge in [0.15, 0.2) is 6.23 Å².